The molecule has 1 aromatic carbocycles. The number of thiazole rings is 1. The summed E-state index contributed by atoms with van der Waals surface area (Å²) in [4.78, 5) is 5.33. The van der Waals surface area contributed by atoms with Crippen LogP contribution in [0, 0.1) is 13.8 Å². The summed E-state index contributed by atoms with van der Waals surface area (Å²) in [6, 6.07) is 5.21. The molecule has 1 unspecified atom stereocenters. The van der Waals surface area contributed by atoms with Crippen molar-refractivity contribution in [2.75, 3.05) is 6.54 Å². The summed E-state index contributed by atoms with van der Waals surface area (Å²) in [6.07, 6.45) is -4.33. The highest BCUT2D eigenvalue weighted by Crippen LogP contribution is 2.34. The number of benzene rings is 1. The van der Waals surface area contributed by atoms with Crippen molar-refractivity contribution in [1.82, 2.24) is 10.3 Å². The van der Waals surface area contributed by atoms with Gasteiger partial charge in [0.15, 0.2) is 0 Å². The van der Waals surface area contributed by atoms with Gasteiger partial charge in [0.05, 0.1) is 22.3 Å². The van der Waals surface area contributed by atoms with Crippen molar-refractivity contribution in [3.05, 3.63) is 51.0 Å². The van der Waals surface area contributed by atoms with E-state index in [9.17, 15) is 13.2 Å². The molecule has 1 N–H and O–H groups in total. The number of alkyl halides is 3. The van der Waals surface area contributed by atoms with Gasteiger partial charge < -0.3 is 5.32 Å². The van der Waals surface area contributed by atoms with Gasteiger partial charge in [-0.3, -0.25) is 0 Å². The normalized spacial score (nSPS) is 13.4. The van der Waals surface area contributed by atoms with Crippen molar-refractivity contribution in [2.24, 2.45) is 0 Å². The van der Waals surface area contributed by atoms with E-state index in [0.717, 1.165) is 21.6 Å². The van der Waals surface area contributed by atoms with Crippen molar-refractivity contribution in [3.8, 4) is 0 Å². The van der Waals surface area contributed by atoms with Crippen LogP contribution in [0.1, 0.15) is 39.7 Å². The molecule has 0 amide bonds. The zero-order valence-corrected chi connectivity index (χ0v) is 12.9. The lowest BCUT2D eigenvalue weighted by Gasteiger charge is -2.19. The number of hydrogen-bond donors (Lipinski definition) is 1. The van der Waals surface area contributed by atoms with Crippen molar-refractivity contribution in [2.45, 2.75) is 33.0 Å². The quantitative estimate of drug-likeness (QED) is 0.900. The van der Waals surface area contributed by atoms with E-state index in [1.165, 1.54) is 23.5 Å². The zero-order chi connectivity index (χ0) is 15.6. The highest BCUT2D eigenvalue weighted by Gasteiger charge is 2.31. The number of aromatic nitrogens is 1. The van der Waals surface area contributed by atoms with E-state index in [1.807, 2.05) is 20.8 Å². The Morgan fingerprint density at radius 2 is 2.00 bits per heavy atom. The molecule has 0 saturated heterocycles. The van der Waals surface area contributed by atoms with E-state index in [1.54, 1.807) is 6.07 Å². The molecule has 0 saturated carbocycles. The van der Waals surface area contributed by atoms with Crippen LogP contribution in [0.25, 0.3) is 0 Å². The molecule has 1 aromatic heterocycles. The highest BCUT2D eigenvalue weighted by atomic mass is 32.1. The molecule has 0 spiro atoms. The lowest BCUT2D eigenvalue weighted by atomic mass is 10.0. The maximum Gasteiger partial charge on any atom is 0.416 e. The molecule has 0 bridgehead atoms. The molecule has 0 radical (unpaired) electrons. The van der Waals surface area contributed by atoms with Crippen LogP contribution in [0.5, 0.6) is 0 Å². The van der Waals surface area contributed by atoms with E-state index in [2.05, 4.69) is 10.3 Å². The summed E-state index contributed by atoms with van der Waals surface area (Å²) in [5.74, 6) is 0. The third kappa shape index (κ3) is 3.63. The largest absolute Gasteiger partial charge is 0.416 e. The van der Waals surface area contributed by atoms with Gasteiger partial charge in [0.1, 0.15) is 0 Å². The summed E-state index contributed by atoms with van der Waals surface area (Å²) in [5.41, 5.74) is 0.848. The van der Waals surface area contributed by atoms with Crippen LogP contribution in [0.4, 0.5) is 13.2 Å². The van der Waals surface area contributed by atoms with Crippen LogP contribution in [0.15, 0.2) is 24.3 Å². The highest BCUT2D eigenvalue weighted by molar-refractivity contribution is 7.11. The first-order valence-corrected chi connectivity index (χ1v) is 7.49. The first-order chi connectivity index (χ1) is 9.82. The minimum atomic E-state index is -4.33. The Morgan fingerprint density at radius 3 is 2.52 bits per heavy atom. The fourth-order valence-corrected chi connectivity index (χ4v) is 3.31. The summed E-state index contributed by atoms with van der Waals surface area (Å²) in [6.45, 7) is 6.38. The maximum absolute atomic E-state index is 12.9. The molecule has 2 aromatic rings. The third-order valence-electron chi connectivity index (χ3n) is 3.16. The standard InChI is InChI=1S/C15H17F3N2S/c1-4-19-13(14-9(2)20-10(3)21-14)11-6-5-7-12(8-11)15(16,17)18/h5-8,13,19H,4H2,1-3H3. The number of nitrogens with zero attached hydrogens (tertiary/aromatic N) is 1. The van der Waals surface area contributed by atoms with Crippen molar-refractivity contribution in [1.29, 1.82) is 0 Å². The Morgan fingerprint density at radius 1 is 1.29 bits per heavy atom. The van der Waals surface area contributed by atoms with Crippen LogP contribution in [0.3, 0.4) is 0 Å². The van der Waals surface area contributed by atoms with Gasteiger partial charge in [-0.2, -0.15) is 13.2 Å². The maximum atomic E-state index is 12.9. The molecule has 0 fully saturated rings. The van der Waals surface area contributed by atoms with Crippen molar-refractivity contribution in [3.63, 3.8) is 0 Å². The smallest absolute Gasteiger partial charge is 0.306 e. The molecule has 1 heterocycles. The Balaban J connectivity index is 2.46. The van der Waals surface area contributed by atoms with Gasteiger partial charge in [-0.25, -0.2) is 4.98 Å². The molecule has 2 rings (SSSR count). The lowest BCUT2D eigenvalue weighted by Crippen LogP contribution is -2.22. The van der Waals surface area contributed by atoms with Crippen LogP contribution in [0.2, 0.25) is 0 Å². The summed E-state index contributed by atoms with van der Waals surface area (Å²) in [7, 11) is 0. The molecule has 0 aliphatic carbocycles. The average molecular weight is 314 g/mol. The van der Waals surface area contributed by atoms with Gasteiger partial charge in [-0.05, 0) is 38.1 Å². The number of rotatable bonds is 4. The van der Waals surface area contributed by atoms with Crippen LogP contribution >= 0.6 is 11.3 Å². The minimum absolute atomic E-state index is 0.261. The van der Waals surface area contributed by atoms with E-state index >= 15 is 0 Å². The monoisotopic (exact) mass is 314 g/mol. The van der Waals surface area contributed by atoms with Gasteiger partial charge in [-0.15, -0.1) is 11.3 Å². The van der Waals surface area contributed by atoms with Gasteiger partial charge in [0.2, 0.25) is 0 Å². The lowest BCUT2D eigenvalue weighted by molar-refractivity contribution is -0.137. The summed E-state index contributed by atoms with van der Waals surface area (Å²) in [5, 5.41) is 4.17. The zero-order valence-electron chi connectivity index (χ0n) is 12.1. The van der Waals surface area contributed by atoms with E-state index in [-0.39, 0.29) is 6.04 Å². The molecule has 0 aliphatic heterocycles. The molecular formula is C15H17F3N2S. The van der Waals surface area contributed by atoms with E-state index in [4.69, 9.17) is 0 Å². The number of hydrogen-bond acceptors (Lipinski definition) is 3. The van der Waals surface area contributed by atoms with Crippen LogP contribution in [-0.2, 0) is 6.18 Å². The van der Waals surface area contributed by atoms with Gasteiger partial charge in [0, 0.05) is 4.88 Å². The minimum Gasteiger partial charge on any atom is -0.306 e. The first-order valence-electron chi connectivity index (χ1n) is 6.67. The van der Waals surface area contributed by atoms with E-state index in [0.29, 0.717) is 12.1 Å². The van der Waals surface area contributed by atoms with Crippen molar-refractivity contribution < 1.29 is 13.2 Å². The Hall–Kier alpha value is -1.40. The first kappa shape index (κ1) is 16.0. The topological polar surface area (TPSA) is 24.9 Å². The molecule has 21 heavy (non-hydrogen) atoms. The molecule has 0 aliphatic rings. The second kappa shape index (κ2) is 6.15. The molecular weight excluding hydrogens is 297 g/mol. The number of halogens is 3. The number of nitrogens with one attached hydrogen (secondary N) is 1. The molecule has 114 valence electrons. The third-order valence-corrected chi connectivity index (χ3v) is 4.29. The molecule has 1 atom stereocenters. The van der Waals surface area contributed by atoms with Gasteiger partial charge in [-0.1, -0.05) is 19.1 Å². The van der Waals surface area contributed by atoms with Crippen molar-refractivity contribution >= 4 is 11.3 Å². The van der Waals surface area contributed by atoms with Crippen LogP contribution in [-0.4, -0.2) is 11.5 Å². The summed E-state index contributed by atoms with van der Waals surface area (Å²) >= 11 is 1.52. The number of aryl methyl sites for hydroxylation is 2. The molecule has 2 nitrogen and oxygen atoms in total. The van der Waals surface area contributed by atoms with Crippen LogP contribution < -0.4 is 5.32 Å². The Kier molecular flexibility index (Phi) is 4.68. The van der Waals surface area contributed by atoms with Gasteiger partial charge >= 0.3 is 6.18 Å². The fourth-order valence-electron chi connectivity index (χ4n) is 2.28. The summed E-state index contributed by atoms with van der Waals surface area (Å²) < 4.78 is 38.6. The van der Waals surface area contributed by atoms with E-state index < -0.39 is 11.7 Å². The molecule has 6 heteroatoms. The van der Waals surface area contributed by atoms with Gasteiger partial charge in [0.25, 0.3) is 0 Å². The Labute approximate surface area is 126 Å². The second-order valence-corrected chi connectivity index (χ2v) is 6.03. The predicted molar refractivity (Wildman–Crippen MR) is 78.6 cm³/mol. The SMILES string of the molecule is CCNC(c1cccc(C(F)(F)F)c1)c1sc(C)nc1C. The predicted octanol–water partition coefficient (Wildman–Crippen LogP) is 4.48. The fraction of sp³-hybridized carbons (Fsp3) is 0.400. The second-order valence-electron chi connectivity index (χ2n) is 4.80. The Bertz CT molecular complexity index is 620. The average Bonchev–Trinajstić information content (AvgIpc) is 2.74.